The molecule has 0 aliphatic carbocycles. The van der Waals surface area contributed by atoms with Gasteiger partial charge >= 0.3 is 0 Å². The summed E-state index contributed by atoms with van der Waals surface area (Å²) < 4.78 is 22.9. The fraction of sp³-hybridized carbons (Fsp3) is 0.308. The van der Waals surface area contributed by atoms with Crippen LogP contribution in [0.1, 0.15) is 20.3 Å². The molecule has 19 heavy (non-hydrogen) atoms. The molecule has 0 saturated carbocycles. The lowest BCUT2D eigenvalue weighted by atomic mass is 10.3. The van der Waals surface area contributed by atoms with E-state index in [-0.39, 0.29) is 18.1 Å². The Labute approximate surface area is 118 Å². The van der Waals surface area contributed by atoms with Crippen LogP contribution in [0.15, 0.2) is 35.9 Å². The number of anilines is 1. The van der Waals surface area contributed by atoms with Gasteiger partial charge in [0.05, 0.1) is 5.75 Å². The summed E-state index contributed by atoms with van der Waals surface area (Å²) in [7, 11) is -3.28. The van der Waals surface area contributed by atoms with Crippen LogP contribution in [-0.2, 0) is 14.6 Å². The van der Waals surface area contributed by atoms with E-state index in [9.17, 15) is 13.2 Å². The van der Waals surface area contributed by atoms with Crippen LogP contribution in [0.2, 0.25) is 5.02 Å². The molecule has 0 saturated heterocycles. The number of hydrogen-bond acceptors (Lipinski definition) is 3. The number of nitrogens with zero attached hydrogens (tertiary/aromatic N) is 1. The van der Waals surface area contributed by atoms with E-state index in [2.05, 4.69) is 0 Å². The first-order valence-corrected chi connectivity index (χ1v) is 7.97. The van der Waals surface area contributed by atoms with E-state index in [1.807, 2.05) is 0 Å². The van der Waals surface area contributed by atoms with Crippen LogP contribution in [0, 0.1) is 0 Å². The molecular weight excluding hydrogens is 286 g/mol. The minimum atomic E-state index is -3.28. The van der Waals surface area contributed by atoms with E-state index >= 15 is 0 Å². The average Bonchev–Trinajstić information content (AvgIpc) is 2.38. The van der Waals surface area contributed by atoms with E-state index in [1.54, 1.807) is 38.1 Å². The normalized spacial score (nSPS) is 11.7. The minimum Gasteiger partial charge on any atom is -0.287 e. The van der Waals surface area contributed by atoms with Crippen LogP contribution in [-0.4, -0.2) is 20.1 Å². The first-order chi connectivity index (χ1) is 8.89. The van der Waals surface area contributed by atoms with Gasteiger partial charge in [0.2, 0.25) is 5.91 Å². The van der Waals surface area contributed by atoms with Gasteiger partial charge in [0.15, 0.2) is 9.84 Å². The molecule has 1 aromatic carbocycles. The Kier molecular flexibility index (Phi) is 5.57. The smallest absolute Gasteiger partial charge is 0.230 e. The molecule has 0 N–H and O–H groups in total. The summed E-state index contributed by atoms with van der Waals surface area (Å²) in [5.74, 6) is -0.211. The van der Waals surface area contributed by atoms with E-state index in [1.165, 1.54) is 11.1 Å². The SMILES string of the molecule is CCC(=O)N(C=CS(=O)(=O)CC)c1cccc(Cl)c1. The number of halogens is 1. The lowest BCUT2D eigenvalue weighted by Crippen LogP contribution is -2.24. The molecule has 104 valence electrons. The Morgan fingerprint density at radius 3 is 2.58 bits per heavy atom. The van der Waals surface area contributed by atoms with Crippen LogP contribution in [0.5, 0.6) is 0 Å². The molecule has 0 heterocycles. The van der Waals surface area contributed by atoms with Gasteiger partial charge in [-0.05, 0) is 18.2 Å². The highest BCUT2D eigenvalue weighted by Crippen LogP contribution is 2.20. The Morgan fingerprint density at radius 2 is 2.05 bits per heavy atom. The highest BCUT2D eigenvalue weighted by atomic mass is 35.5. The van der Waals surface area contributed by atoms with Gasteiger partial charge in [0.25, 0.3) is 0 Å². The molecule has 1 aromatic rings. The van der Waals surface area contributed by atoms with Gasteiger partial charge in [0, 0.05) is 28.7 Å². The van der Waals surface area contributed by atoms with E-state index < -0.39 is 9.84 Å². The summed E-state index contributed by atoms with van der Waals surface area (Å²) >= 11 is 5.87. The lowest BCUT2D eigenvalue weighted by Gasteiger charge is -2.18. The predicted molar refractivity (Wildman–Crippen MR) is 77.8 cm³/mol. The van der Waals surface area contributed by atoms with Crippen molar-refractivity contribution >= 4 is 33.0 Å². The van der Waals surface area contributed by atoms with Gasteiger partial charge in [-0.1, -0.05) is 31.5 Å². The molecule has 6 heteroatoms. The highest BCUT2D eigenvalue weighted by Gasteiger charge is 2.12. The number of rotatable bonds is 5. The van der Waals surface area contributed by atoms with Crippen molar-refractivity contribution in [2.24, 2.45) is 0 Å². The molecular formula is C13H16ClNO3S. The molecule has 0 fully saturated rings. The predicted octanol–water partition coefficient (Wildman–Crippen LogP) is 2.99. The van der Waals surface area contributed by atoms with Crippen molar-refractivity contribution in [2.75, 3.05) is 10.7 Å². The summed E-state index contributed by atoms with van der Waals surface area (Å²) in [4.78, 5) is 13.2. The standard InChI is InChI=1S/C13H16ClNO3S/c1-3-13(16)15(8-9-19(17,18)4-2)12-7-5-6-11(14)10-12/h5-10H,3-4H2,1-2H3. The zero-order valence-electron chi connectivity index (χ0n) is 10.8. The maximum atomic E-state index is 11.9. The fourth-order valence-corrected chi connectivity index (χ4v) is 2.04. The molecule has 1 rings (SSSR count). The number of hydrogen-bond donors (Lipinski definition) is 0. The summed E-state index contributed by atoms with van der Waals surface area (Å²) in [6.45, 7) is 3.26. The number of benzene rings is 1. The second-order valence-electron chi connectivity index (χ2n) is 3.83. The molecule has 0 aliphatic rings. The van der Waals surface area contributed by atoms with Crippen molar-refractivity contribution in [3.05, 3.63) is 40.9 Å². The van der Waals surface area contributed by atoms with Crippen LogP contribution in [0.4, 0.5) is 5.69 Å². The summed E-state index contributed by atoms with van der Waals surface area (Å²) in [6.07, 6.45) is 1.54. The zero-order chi connectivity index (χ0) is 14.5. The van der Waals surface area contributed by atoms with Crippen LogP contribution >= 0.6 is 11.6 Å². The number of carbonyl (C=O) groups excluding carboxylic acids is 1. The van der Waals surface area contributed by atoms with Crippen molar-refractivity contribution in [1.29, 1.82) is 0 Å². The molecule has 0 unspecified atom stereocenters. The quantitative estimate of drug-likeness (QED) is 0.840. The monoisotopic (exact) mass is 301 g/mol. The van der Waals surface area contributed by atoms with Crippen molar-refractivity contribution in [3.8, 4) is 0 Å². The third kappa shape index (κ3) is 4.69. The molecule has 1 amide bonds. The lowest BCUT2D eigenvalue weighted by molar-refractivity contribution is -0.117. The topological polar surface area (TPSA) is 54.5 Å². The Bertz CT molecular complexity index is 581. The molecule has 0 atom stereocenters. The molecule has 4 nitrogen and oxygen atoms in total. The molecule has 0 spiro atoms. The van der Waals surface area contributed by atoms with Crippen molar-refractivity contribution in [2.45, 2.75) is 20.3 Å². The largest absolute Gasteiger partial charge is 0.287 e. The maximum absolute atomic E-state index is 11.9. The minimum absolute atomic E-state index is 0.00674. The van der Waals surface area contributed by atoms with E-state index in [0.717, 1.165) is 5.41 Å². The molecule has 0 radical (unpaired) electrons. The summed E-state index contributed by atoms with van der Waals surface area (Å²) in [6, 6.07) is 6.70. The maximum Gasteiger partial charge on any atom is 0.230 e. The second kappa shape index (κ2) is 6.73. The average molecular weight is 302 g/mol. The fourth-order valence-electron chi connectivity index (χ4n) is 1.36. The van der Waals surface area contributed by atoms with Gasteiger partial charge in [-0.25, -0.2) is 8.42 Å². The number of amides is 1. The van der Waals surface area contributed by atoms with Gasteiger partial charge < -0.3 is 0 Å². The Balaban J connectivity index is 3.13. The van der Waals surface area contributed by atoms with Crippen molar-refractivity contribution < 1.29 is 13.2 Å². The Morgan fingerprint density at radius 1 is 1.37 bits per heavy atom. The number of carbonyl (C=O) groups is 1. The molecule has 0 aliphatic heterocycles. The van der Waals surface area contributed by atoms with E-state index in [0.29, 0.717) is 10.7 Å². The van der Waals surface area contributed by atoms with Gasteiger partial charge in [-0.3, -0.25) is 9.69 Å². The summed E-state index contributed by atoms with van der Waals surface area (Å²) in [5.41, 5.74) is 0.543. The first kappa shape index (κ1) is 15.7. The Hall–Kier alpha value is -1.33. The summed E-state index contributed by atoms with van der Waals surface area (Å²) in [5, 5.41) is 1.53. The van der Waals surface area contributed by atoms with E-state index in [4.69, 9.17) is 11.6 Å². The van der Waals surface area contributed by atoms with Gasteiger partial charge in [0.1, 0.15) is 0 Å². The second-order valence-corrected chi connectivity index (χ2v) is 6.45. The van der Waals surface area contributed by atoms with Gasteiger partial charge in [-0.15, -0.1) is 0 Å². The first-order valence-electron chi connectivity index (χ1n) is 5.88. The zero-order valence-corrected chi connectivity index (χ0v) is 12.4. The van der Waals surface area contributed by atoms with Crippen LogP contribution in [0.3, 0.4) is 0 Å². The van der Waals surface area contributed by atoms with Crippen molar-refractivity contribution in [1.82, 2.24) is 0 Å². The van der Waals surface area contributed by atoms with Crippen LogP contribution in [0.25, 0.3) is 0 Å². The molecule has 0 aromatic heterocycles. The van der Waals surface area contributed by atoms with Gasteiger partial charge in [-0.2, -0.15) is 0 Å². The molecule has 0 bridgehead atoms. The third-order valence-corrected chi connectivity index (χ3v) is 4.05. The third-order valence-electron chi connectivity index (χ3n) is 2.48. The van der Waals surface area contributed by atoms with Crippen molar-refractivity contribution in [3.63, 3.8) is 0 Å². The number of sulfone groups is 1. The van der Waals surface area contributed by atoms with Crippen LogP contribution < -0.4 is 4.90 Å². The highest BCUT2D eigenvalue weighted by molar-refractivity contribution is 7.94.